The van der Waals surface area contributed by atoms with E-state index in [4.69, 9.17) is 27.0 Å². The van der Waals surface area contributed by atoms with Crippen LogP contribution < -0.4 is 16.2 Å². The number of hydrogen-bond donors (Lipinski definition) is 4. The van der Waals surface area contributed by atoms with Crippen molar-refractivity contribution in [3.63, 3.8) is 0 Å². The standard InChI is InChI=1S/C31H40N6O/c1-19(2)15-29(33)36-31(35)25-10-12-28(32)27(18-25)30(34)24-8-7-23-17-26(11-9-22(23)16-24)38-14-13-37-20(3)5-6-21(37)4/h7-12,16-21,34H,5-6,13-15,32H2,1-4H3,(H3,33,35,36). The van der Waals surface area contributed by atoms with Crippen molar-refractivity contribution in [2.24, 2.45) is 16.6 Å². The second-order valence-electron chi connectivity index (χ2n) is 10.8. The van der Waals surface area contributed by atoms with E-state index in [0.29, 0.717) is 59.4 Å². The van der Waals surface area contributed by atoms with E-state index in [1.54, 1.807) is 18.2 Å². The van der Waals surface area contributed by atoms with Gasteiger partial charge in [0.05, 0.1) is 5.71 Å². The summed E-state index contributed by atoms with van der Waals surface area (Å²) in [5.74, 6) is 1.71. The fourth-order valence-corrected chi connectivity index (χ4v) is 5.17. The van der Waals surface area contributed by atoms with Crippen LogP contribution in [0.2, 0.25) is 0 Å². The molecular weight excluding hydrogens is 472 g/mol. The van der Waals surface area contributed by atoms with E-state index in [-0.39, 0.29) is 5.84 Å². The van der Waals surface area contributed by atoms with Gasteiger partial charge in [-0.2, -0.15) is 0 Å². The summed E-state index contributed by atoms with van der Waals surface area (Å²) in [5.41, 5.74) is 14.9. The predicted molar refractivity (Wildman–Crippen MR) is 159 cm³/mol. The largest absolute Gasteiger partial charge is 0.492 e. The quantitative estimate of drug-likeness (QED) is 0.164. The number of nitrogens with zero attached hydrogens (tertiary/aromatic N) is 2. The first-order valence-corrected chi connectivity index (χ1v) is 13.5. The minimum absolute atomic E-state index is 0.0666. The zero-order valence-electron chi connectivity index (χ0n) is 22.9. The zero-order chi connectivity index (χ0) is 27.4. The van der Waals surface area contributed by atoms with Crippen LogP contribution in [0, 0.1) is 16.7 Å². The molecule has 2 unspecified atom stereocenters. The molecule has 4 rings (SSSR count). The van der Waals surface area contributed by atoms with Gasteiger partial charge in [-0.05, 0) is 79.8 Å². The van der Waals surface area contributed by atoms with Crippen molar-refractivity contribution in [1.29, 1.82) is 10.8 Å². The smallest absolute Gasteiger partial charge is 0.153 e. The fourth-order valence-electron chi connectivity index (χ4n) is 5.17. The summed E-state index contributed by atoms with van der Waals surface area (Å²) in [6, 6.07) is 18.4. The van der Waals surface area contributed by atoms with E-state index < -0.39 is 0 Å². The van der Waals surface area contributed by atoms with Gasteiger partial charge in [0.15, 0.2) is 5.84 Å². The molecule has 1 fully saturated rings. The van der Waals surface area contributed by atoms with Gasteiger partial charge < -0.3 is 16.2 Å². The SMILES string of the molecule is CC(C)CC(N)=NC(=N)c1ccc(N)c(C(=N)c2ccc3cc(OCCN4C(C)CCC4C)ccc3c2)c1. The highest BCUT2D eigenvalue weighted by Crippen LogP contribution is 2.26. The number of nitrogens with two attached hydrogens (primary N) is 2. The number of benzene rings is 3. The summed E-state index contributed by atoms with van der Waals surface area (Å²) in [6.07, 6.45) is 3.14. The number of aliphatic imine (C=N–C) groups is 1. The molecule has 0 saturated carbocycles. The maximum atomic E-state index is 8.87. The molecule has 2 atom stereocenters. The monoisotopic (exact) mass is 512 g/mol. The Bertz CT molecular complexity index is 1350. The number of anilines is 1. The highest BCUT2D eigenvalue weighted by Gasteiger charge is 2.26. The number of likely N-dealkylation sites (tertiary alicyclic amines) is 1. The topological polar surface area (TPSA) is 125 Å². The fraction of sp³-hybridized carbons (Fsp3) is 0.387. The van der Waals surface area contributed by atoms with E-state index in [1.165, 1.54) is 12.8 Å². The number of nitrogens with one attached hydrogen (secondary N) is 2. The first-order chi connectivity index (χ1) is 18.1. The average Bonchev–Trinajstić information content (AvgIpc) is 3.20. The molecule has 1 aliphatic rings. The van der Waals surface area contributed by atoms with Gasteiger partial charge in [-0.15, -0.1) is 0 Å². The number of amidine groups is 2. The second-order valence-corrected chi connectivity index (χ2v) is 10.8. The minimum atomic E-state index is 0.0666. The summed E-state index contributed by atoms with van der Waals surface area (Å²) < 4.78 is 6.08. The van der Waals surface area contributed by atoms with Gasteiger partial charge >= 0.3 is 0 Å². The van der Waals surface area contributed by atoms with Crippen molar-refractivity contribution < 1.29 is 4.74 Å². The van der Waals surface area contributed by atoms with Gasteiger partial charge in [-0.25, -0.2) is 4.99 Å². The number of nitrogen functional groups attached to an aromatic ring is 1. The van der Waals surface area contributed by atoms with Gasteiger partial charge in [0, 0.05) is 47.4 Å². The third kappa shape index (κ3) is 6.40. The highest BCUT2D eigenvalue weighted by atomic mass is 16.5. The van der Waals surface area contributed by atoms with E-state index >= 15 is 0 Å². The maximum absolute atomic E-state index is 8.87. The van der Waals surface area contributed by atoms with Crippen molar-refractivity contribution in [3.05, 3.63) is 71.3 Å². The normalized spacial score (nSPS) is 18.3. The third-order valence-electron chi connectivity index (χ3n) is 7.32. The van der Waals surface area contributed by atoms with Crippen LogP contribution in [-0.4, -0.2) is 47.5 Å². The number of fused-ring (bicyclic) bond motifs is 1. The third-order valence-corrected chi connectivity index (χ3v) is 7.32. The van der Waals surface area contributed by atoms with Crippen LogP contribution in [0.1, 0.15) is 63.6 Å². The molecule has 200 valence electrons. The molecule has 38 heavy (non-hydrogen) atoms. The maximum Gasteiger partial charge on any atom is 0.153 e. The minimum Gasteiger partial charge on any atom is -0.492 e. The van der Waals surface area contributed by atoms with Crippen LogP contribution in [0.5, 0.6) is 5.75 Å². The van der Waals surface area contributed by atoms with Crippen LogP contribution in [0.25, 0.3) is 10.8 Å². The predicted octanol–water partition coefficient (Wildman–Crippen LogP) is 5.82. The summed E-state index contributed by atoms with van der Waals surface area (Å²) in [4.78, 5) is 6.76. The Morgan fingerprint density at radius 3 is 2.34 bits per heavy atom. The second kappa shape index (κ2) is 11.8. The lowest BCUT2D eigenvalue weighted by molar-refractivity contribution is 0.170. The molecule has 7 heteroatoms. The Morgan fingerprint density at radius 1 is 0.974 bits per heavy atom. The van der Waals surface area contributed by atoms with Crippen LogP contribution in [0.4, 0.5) is 5.69 Å². The molecule has 7 nitrogen and oxygen atoms in total. The molecule has 3 aromatic carbocycles. The molecule has 0 aliphatic carbocycles. The number of rotatable bonds is 9. The van der Waals surface area contributed by atoms with E-state index in [2.05, 4.69) is 43.7 Å². The Balaban J connectivity index is 1.48. The van der Waals surface area contributed by atoms with Gasteiger partial charge in [-0.1, -0.05) is 32.0 Å². The molecule has 0 amide bonds. The Hall–Kier alpha value is -3.71. The molecule has 1 saturated heterocycles. The van der Waals surface area contributed by atoms with Gasteiger partial charge in [0.2, 0.25) is 0 Å². The molecule has 1 aliphatic heterocycles. The van der Waals surface area contributed by atoms with Crippen molar-refractivity contribution in [2.45, 2.75) is 59.0 Å². The highest BCUT2D eigenvalue weighted by molar-refractivity contribution is 6.16. The van der Waals surface area contributed by atoms with Crippen LogP contribution in [0.15, 0.2) is 59.6 Å². The lowest BCUT2D eigenvalue weighted by Gasteiger charge is -2.25. The van der Waals surface area contributed by atoms with Crippen LogP contribution >= 0.6 is 0 Å². The molecule has 6 N–H and O–H groups in total. The van der Waals surface area contributed by atoms with Gasteiger partial charge in [-0.3, -0.25) is 15.7 Å². The number of ether oxygens (including phenoxy) is 1. The van der Waals surface area contributed by atoms with Gasteiger partial charge in [0.25, 0.3) is 0 Å². The molecule has 1 heterocycles. The van der Waals surface area contributed by atoms with Gasteiger partial charge in [0.1, 0.15) is 18.2 Å². The van der Waals surface area contributed by atoms with E-state index in [0.717, 1.165) is 28.6 Å². The summed E-state index contributed by atoms with van der Waals surface area (Å²) in [7, 11) is 0. The average molecular weight is 513 g/mol. The van der Waals surface area contributed by atoms with E-state index in [9.17, 15) is 0 Å². The molecule has 0 radical (unpaired) electrons. The van der Waals surface area contributed by atoms with Crippen molar-refractivity contribution in [1.82, 2.24) is 4.90 Å². The molecular formula is C31H40N6O. The van der Waals surface area contributed by atoms with E-state index in [1.807, 2.05) is 30.3 Å². The Kier molecular flexibility index (Phi) is 8.47. The zero-order valence-corrected chi connectivity index (χ0v) is 22.9. The van der Waals surface area contributed by atoms with Crippen LogP contribution in [0.3, 0.4) is 0 Å². The van der Waals surface area contributed by atoms with Crippen molar-refractivity contribution >= 4 is 33.8 Å². The molecule has 0 spiro atoms. The van der Waals surface area contributed by atoms with Crippen molar-refractivity contribution in [3.8, 4) is 5.75 Å². The van der Waals surface area contributed by atoms with Crippen molar-refractivity contribution in [2.75, 3.05) is 18.9 Å². The first kappa shape index (κ1) is 27.3. The molecule has 0 aromatic heterocycles. The summed E-state index contributed by atoms with van der Waals surface area (Å²) >= 11 is 0. The molecule has 3 aromatic rings. The van der Waals surface area contributed by atoms with Crippen LogP contribution in [-0.2, 0) is 0 Å². The Morgan fingerprint density at radius 2 is 1.63 bits per heavy atom. The number of hydrogen-bond acceptors (Lipinski definition) is 5. The lowest BCUT2D eigenvalue weighted by Crippen LogP contribution is -2.36. The summed E-state index contributed by atoms with van der Waals surface area (Å²) in [6.45, 7) is 10.3. The molecule has 0 bridgehead atoms. The lowest BCUT2D eigenvalue weighted by atomic mass is 9.96. The summed E-state index contributed by atoms with van der Waals surface area (Å²) in [5, 5.41) is 19.3. The first-order valence-electron chi connectivity index (χ1n) is 13.5. The Labute approximate surface area is 225 Å².